The van der Waals surface area contributed by atoms with E-state index < -0.39 is 0 Å². The van der Waals surface area contributed by atoms with Gasteiger partial charge in [-0.15, -0.1) is 0 Å². The van der Waals surface area contributed by atoms with Gasteiger partial charge in [-0.05, 0) is 42.7 Å². The third kappa shape index (κ3) is 3.99. The first-order valence-electron chi connectivity index (χ1n) is 6.53. The summed E-state index contributed by atoms with van der Waals surface area (Å²) in [5.41, 5.74) is 3.39. The summed E-state index contributed by atoms with van der Waals surface area (Å²) in [7, 11) is 0. The molecule has 0 radical (unpaired) electrons. The van der Waals surface area contributed by atoms with Crippen LogP contribution in [0.3, 0.4) is 0 Å². The maximum absolute atomic E-state index is 11.9. The predicted octanol–water partition coefficient (Wildman–Crippen LogP) is 4.29. The van der Waals surface area contributed by atoms with Crippen molar-refractivity contribution >= 4 is 5.78 Å². The van der Waals surface area contributed by atoms with Crippen molar-refractivity contribution in [2.24, 2.45) is 11.8 Å². The molecule has 1 heteroatoms. The highest BCUT2D eigenvalue weighted by atomic mass is 16.1. The molecule has 0 N–H and O–H groups in total. The van der Waals surface area contributed by atoms with E-state index in [1.165, 1.54) is 11.1 Å². The normalized spacial score (nSPS) is 11.2. The Morgan fingerprint density at radius 1 is 1.00 bits per heavy atom. The summed E-state index contributed by atoms with van der Waals surface area (Å²) in [5, 5.41) is 0. The molecule has 94 valence electrons. The van der Waals surface area contributed by atoms with E-state index in [4.69, 9.17) is 0 Å². The number of rotatable bonds is 5. The fraction of sp³-hybridized carbons (Fsp3) is 0.562. The summed E-state index contributed by atoms with van der Waals surface area (Å²) in [6, 6.07) is 6.28. The van der Waals surface area contributed by atoms with E-state index in [-0.39, 0.29) is 5.78 Å². The first kappa shape index (κ1) is 14.0. The highest BCUT2D eigenvalue weighted by molar-refractivity contribution is 5.97. The molecule has 0 heterocycles. The van der Waals surface area contributed by atoms with Crippen LogP contribution in [-0.4, -0.2) is 5.78 Å². The van der Waals surface area contributed by atoms with E-state index in [2.05, 4.69) is 45.9 Å². The Hall–Kier alpha value is -1.11. The van der Waals surface area contributed by atoms with Crippen LogP contribution < -0.4 is 0 Å². The van der Waals surface area contributed by atoms with Gasteiger partial charge in [-0.2, -0.15) is 0 Å². The molecule has 17 heavy (non-hydrogen) atoms. The van der Waals surface area contributed by atoms with E-state index in [1.54, 1.807) is 6.92 Å². The molecule has 0 amide bonds. The van der Waals surface area contributed by atoms with E-state index in [0.717, 1.165) is 18.4 Å². The molecule has 1 nitrogen and oxygen atoms in total. The van der Waals surface area contributed by atoms with Gasteiger partial charge in [0.25, 0.3) is 0 Å². The van der Waals surface area contributed by atoms with Crippen LogP contribution in [-0.2, 0) is 12.8 Å². The Morgan fingerprint density at radius 3 is 1.71 bits per heavy atom. The number of carbonyl (C=O) groups is 1. The van der Waals surface area contributed by atoms with Crippen molar-refractivity contribution in [2.75, 3.05) is 0 Å². The quantitative estimate of drug-likeness (QED) is 0.692. The van der Waals surface area contributed by atoms with E-state index >= 15 is 0 Å². The SMILES string of the molecule is CC(=O)c1c(CC(C)C)cccc1CC(C)C. The number of hydrogen-bond acceptors (Lipinski definition) is 1. The summed E-state index contributed by atoms with van der Waals surface area (Å²) in [6.45, 7) is 10.5. The Kier molecular flexibility index (Phi) is 4.92. The Balaban J connectivity index is 3.17. The van der Waals surface area contributed by atoms with Gasteiger partial charge < -0.3 is 0 Å². The minimum Gasteiger partial charge on any atom is -0.294 e. The van der Waals surface area contributed by atoms with E-state index in [9.17, 15) is 4.79 Å². The second-order valence-corrected chi connectivity index (χ2v) is 5.70. The zero-order valence-electron chi connectivity index (χ0n) is 11.7. The van der Waals surface area contributed by atoms with Gasteiger partial charge >= 0.3 is 0 Å². The molecule has 0 saturated heterocycles. The highest BCUT2D eigenvalue weighted by Gasteiger charge is 2.14. The summed E-state index contributed by atoms with van der Waals surface area (Å²) in [5.74, 6) is 1.38. The number of ketones is 1. The lowest BCUT2D eigenvalue weighted by atomic mass is 9.89. The van der Waals surface area contributed by atoms with E-state index in [1.807, 2.05) is 0 Å². The lowest BCUT2D eigenvalue weighted by Crippen LogP contribution is -2.09. The van der Waals surface area contributed by atoms with Gasteiger partial charge in [-0.1, -0.05) is 45.9 Å². The summed E-state index contributed by atoms with van der Waals surface area (Å²) in [6.07, 6.45) is 1.97. The van der Waals surface area contributed by atoms with Crippen molar-refractivity contribution in [2.45, 2.75) is 47.5 Å². The van der Waals surface area contributed by atoms with Crippen LogP contribution in [0.2, 0.25) is 0 Å². The van der Waals surface area contributed by atoms with Crippen LogP contribution in [0, 0.1) is 11.8 Å². The average Bonchev–Trinajstić information content (AvgIpc) is 2.14. The Labute approximate surface area is 105 Å². The average molecular weight is 232 g/mol. The van der Waals surface area contributed by atoms with Crippen LogP contribution in [0.5, 0.6) is 0 Å². The number of hydrogen-bond donors (Lipinski definition) is 0. The minimum atomic E-state index is 0.205. The zero-order valence-corrected chi connectivity index (χ0v) is 11.7. The van der Waals surface area contributed by atoms with Gasteiger partial charge in [-0.25, -0.2) is 0 Å². The number of benzene rings is 1. The summed E-state index contributed by atoms with van der Waals surface area (Å²) < 4.78 is 0. The maximum Gasteiger partial charge on any atom is 0.160 e. The smallest absolute Gasteiger partial charge is 0.160 e. The molecule has 0 aliphatic heterocycles. The molecule has 1 rings (SSSR count). The second-order valence-electron chi connectivity index (χ2n) is 5.70. The molecule has 0 saturated carbocycles. The Bertz CT molecular complexity index is 360. The third-order valence-corrected chi connectivity index (χ3v) is 2.85. The third-order valence-electron chi connectivity index (χ3n) is 2.85. The van der Waals surface area contributed by atoms with Crippen molar-refractivity contribution in [3.05, 3.63) is 34.9 Å². The maximum atomic E-state index is 11.9. The van der Waals surface area contributed by atoms with Gasteiger partial charge in [0, 0.05) is 5.56 Å². The molecule has 0 aliphatic carbocycles. The fourth-order valence-corrected chi connectivity index (χ4v) is 2.33. The van der Waals surface area contributed by atoms with Crippen molar-refractivity contribution in [3.8, 4) is 0 Å². The van der Waals surface area contributed by atoms with Gasteiger partial charge in [-0.3, -0.25) is 4.79 Å². The van der Waals surface area contributed by atoms with Gasteiger partial charge in [0.2, 0.25) is 0 Å². The first-order chi connectivity index (χ1) is 7.91. The molecular weight excluding hydrogens is 208 g/mol. The number of Topliss-reactive ketones (excluding diaryl/α,β-unsaturated/α-hetero) is 1. The largest absolute Gasteiger partial charge is 0.294 e. The van der Waals surface area contributed by atoms with Gasteiger partial charge in [0.15, 0.2) is 5.78 Å². The van der Waals surface area contributed by atoms with Crippen molar-refractivity contribution in [3.63, 3.8) is 0 Å². The van der Waals surface area contributed by atoms with Crippen LogP contribution in [0.4, 0.5) is 0 Å². The van der Waals surface area contributed by atoms with Crippen molar-refractivity contribution in [1.82, 2.24) is 0 Å². The predicted molar refractivity (Wildman–Crippen MR) is 73.5 cm³/mol. The lowest BCUT2D eigenvalue weighted by molar-refractivity contribution is 0.101. The molecule has 0 aliphatic rings. The van der Waals surface area contributed by atoms with Gasteiger partial charge in [0.05, 0.1) is 0 Å². The lowest BCUT2D eigenvalue weighted by Gasteiger charge is -2.15. The van der Waals surface area contributed by atoms with Crippen molar-refractivity contribution in [1.29, 1.82) is 0 Å². The van der Waals surface area contributed by atoms with Crippen LogP contribution >= 0.6 is 0 Å². The number of carbonyl (C=O) groups excluding carboxylic acids is 1. The fourth-order valence-electron chi connectivity index (χ4n) is 2.33. The molecule has 0 fully saturated rings. The summed E-state index contributed by atoms with van der Waals surface area (Å²) >= 11 is 0. The molecule has 0 bridgehead atoms. The second kappa shape index (κ2) is 6.00. The molecule has 0 unspecified atom stereocenters. The highest BCUT2D eigenvalue weighted by Crippen LogP contribution is 2.21. The standard InChI is InChI=1S/C16H24O/c1-11(2)9-14-7-6-8-15(10-12(3)4)16(14)13(5)17/h6-8,11-12H,9-10H2,1-5H3. The first-order valence-corrected chi connectivity index (χ1v) is 6.53. The van der Waals surface area contributed by atoms with Crippen LogP contribution in [0.25, 0.3) is 0 Å². The minimum absolute atomic E-state index is 0.205. The topological polar surface area (TPSA) is 17.1 Å². The monoisotopic (exact) mass is 232 g/mol. The molecule has 0 aromatic heterocycles. The summed E-state index contributed by atoms with van der Waals surface area (Å²) in [4.78, 5) is 11.9. The molecule has 0 atom stereocenters. The van der Waals surface area contributed by atoms with Crippen molar-refractivity contribution < 1.29 is 4.79 Å². The molecule has 0 spiro atoms. The molecular formula is C16H24O. The molecule has 1 aromatic carbocycles. The Morgan fingerprint density at radius 2 is 1.41 bits per heavy atom. The zero-order chi connectivity index (χ0) is 13.0. The van der Waals surface area contributed by atoms with E-state index in [0.29, 0.717) is 11.8 Å². The van der Waals surface area contributed by atoms with Crippen LogP contribution in [0.15, 0.2) is 18.2 Å². The van der Waals surface area contributed by atoms with Gasteiger partial charge in [0.1, 0.15) is 0 Å². The molecule has 1 aromatic rings. The van der Waals surface area contributed by atoms with Crippen LogP contribution in [0.1, 0.15) is 56.1 Å².